The highest BCUT2D eigenvalue weighted by molar-refractivity contribution is 7.26. The van der Waals surface area contributed by atoms with Crippen LogP contribution in [0.1, 0.15) is 0 Å². The van der Waals surface area contributed by atoms with Crippen molar-refractivity contribution in [1.29, 1.82) is 0 Å². The van der Waals surface area contributed by atoms with Gasteiger partial charge in [-0.25, -0.2) is 9.97 Å². The maximum Gasteiger partial charge on any atom is 0.160 e. The Morgan fingerprint density at radius 2 is 1.27 bits per heavy atom. The zero-order valence-corrected chi connectivity index (χ0v) is 22.1. The first-order chi connectivity index (χ1) is 19.8. The molecule has 0 saturated carbocycles. The monoisotopic (exact) mass is 528 g/mol. The molecule has 0 radical (unpaired) electrons. The van der Waals surface area contributed by atoms with Crippen molar-refractivity contribution >= 4 is 75.1 Å². The molecule has 0 aliphatic carbocycles. The van der Waals surface area contributed by atoms with E-state index < -0.39 is 0 Å². The van der Waals surface area contributed by atoms with Crippen molar-refractivity contribution in [3.63, 3.8) is 0 Å². The summed E-state index contributed by atoms with van der Waals surface area (Å²) in [7, 11) is 0. The molecular formula is C36H20N2OS. The number of furan rings is 1. The standard InChI is InChI=1S/C36H20N2OS/c1-2-8-21(9-3-1)34-26-15-17-31-33(28-18-22-10-4-5-11-23(22)20-32(28)40-31)35(26)38-36(37-34)24-14-16-30-27(19-24)25-12-6-7-13-29(25)39-30/h1-20H. The second kappa shape index (κ2) is 8.22. The van der Waals surface area contributed by atoms with Crippen LogP contribution in [0.2, 0.25) is 0 Å². The third-order valence-corrected chi connectivity index (χ3v) is 8.97. The van der Waals surface area contributed by atoms with Crippen molar-refractivity contribution in [2.45, 2.75) is 0 Å². The van der Waals surface area contributed by atoms with Crippen LogP contribution in [0.5, 0.6) is 0 Å². The van der Waals surface area contributed by atoms with Crippen LogP contribution in [0.3, 0.4) is 0 Å². The fourth-order valence-corrected chi connectivity index (χ4v) is 7.09. The number of rotatable bonds is 2. The lowest BCUT2D eigenvalue weighted by Crippen LogP contribution is -1.95. The van der Waals surface area contributed by atoms with Crippen LogP contribution in [0.15, 0.2) is 126 Å². The molecule has 186 valence electrons. The average Bonchev–Trinajstić information content (AvgIpc) is 3.57. The number of aromatic nitrogens is 2. The van der Waals surface area contributed by atoms with Crippen LogP contribution in [-0.2, 0) is 0 Å². The zero-order valence-electron chi connectivity index (χ0n) is 21.3. The Morgan fingerprint density at radius 1 is 0.500 bits per heavy atom. The van der Waals surface area contributed by atoms with Gasteiger partial charge in [-0.1, -0.05) is 72.8 Å². The van der Waals surface area contributed by atoms with Gasteiger partial charge in [0.1, 0.15) is 11.2 Å². The molecule has 0 spiro atoms. The topological polar surface area (TPSA) is 38.9 Å². The largest absolute Gasteiger partial charge is 0.456 e. The van der Waals surface area contributed by atoms with E-state index in [1.807, 2.05) is 41.7 Å². The molecule has 0 atom stereocenters. The van der Waals surface area contributed by atoms with Crippen LogP contribution in [0.4, 0.5) is 0 Å². The molecule has 9 aromatic rings. The Morgan fingerprint density at radius 3 is 2.17 bits per heavy atom. The zero-order chi connectivity index (χ0) is 26.2. The van der Waals surface area contributed by atoms with Gasteiger partial charge in [0, 0.05) is 47.5 Å². The molecule has 40 heavy (non-hydrogen) atoms. The van der Waals surface area contributed by atoms with Gasteiger partial charge < -0.3 is 4.42 Å². The Bertz CT molecular complexity index is 2440. The predicted molar refractivity (Wildman–Crippen MR) is 168 cm³/mol. The third kappa shape index (κ3) is 3.17. The van der Waals surface area contributed by atoms with Gasteiger partial charge in [0.25, 0.3) is 0 Å². The summed E-state index contributed by atoms with van der Waals surface area (Å²) >= 11 is 1.83. The number of benzene rings is 6. The minimum atomic E-state index is 0.714. The van der Waals surface area contributed by atoms with E-state index in [0.29, 0.717) is 5.82 Å². The molecule has 0 aliphatic rings. The minimum Gasteiger partial charge on any atom is -0.456 e. The van der Waals surface area contributed by atoms with E-state index in [-0.39, 0.29) is 0 Å². The van der Waals surface area contributed by atoms with Crippen molar-refractivity contribution in [2.75, 3.05) is 0 Å². The number of hydrogen-bond donors (Lipinski definition) is 0. The van der Waals surface area contributed by atoms with Crippen LogP contribution in [0.25, 0.3) is 86.4 Å². The van der Waals surface area contributed by atoms with E-state index in [0.717, 1.165) is 49.7 Å². The Balaban J connectivity index is 1.40. The molecule has 6 aromatic carbocycles. The molecule has 0 bridgehead atoms. The van der Waals surface area contributed by atoms with Gasteiger partial charge in [0.15, 0.2) is 5.82 Å². The van der Waals surface area contributed by atoms with E-state index in [1.54, 1.807) is 0 Å². The molecule has 3 aromatic heterocycles. The number of para-hydroxylation sites is 1. The molecule has 4 heteroatoms. The number of thiophene rings is 1. The molecule has 0 unspecified atom stereocenters. The molecule has 0 fully saturated rings. The van der Waals surface area contributed by atoms with Gasteiger partial charge in [-0.2, -0.15) is 0 Å². The van der Waals surface area contributed by atoms with Gasteiger partial charge in [-0.15, -0.1) is 11.3 Å². The molecule has 0 aliphatic heterocycles. The molecule has 3 heterocycles. The maximum absolute atomic E-state index is 6.10. The maximum atomic E-state index is 6.10. The average molecular weight is 529 g/mol. The summed E-state index contributed by atoms with van der Waals surface area (Å²) in [6.45, 7) is 0. The van der Waals surface area contributed by atoms with E-state index in [1.165, 1.54) is 30.9 Å². The van der Waals surface area contributed by atoms with Gasteiger partial charge >= 0.3 is 0 Å². The third-order valence-electron chi connectivity index (χ3n) is 7.85. The molecular weight excluding hydrogens is 508 g/mol. The molecule has 0 amide bonds. The lowest BCUT2D eigenvalue weighted by atomic mass is 10.0. The van der Waals surface area contributed by atoms with E-state index >= 15 is 0 Å². The summed E-state index contributed by atoms with van der Waals surface area (Å²) in [6.07, 6.45) is 0. The fraction of sp³-hybridized carbons (Fsp3) is 0. The first-order valence-electron chi connectivity index (χ1n) is 13.3. The SMILES string of the molecule is c1ccc(-c2nc(-c3ccc4oc5ccccc5c4c3)nc3c2ccc2sc4cc5ccccc5cc4c23)cc1. The van der Waals surface area contributed by atoms with Crippen molar-refractivity contribution < 1.29 is 4.42 Å². The summed E-state index contributed by atoms with van der Waals surface area (Å²) in [6, 6.07) is 42.5. The summed E-state index contributed by atoms with van der Waals surface area (Å²) in [5.41, 5.74) is 5.74. The first-order valence-corrected chi connectivity index (χ1v) is 14.1. The van der Waals surface area contributed by atoms with E-state index in [4.69, 9.17) is 14.4 Å². The Kier molecular flexibility index (Phi) is 4.48. The smallest absolute Gasteiger partial charge is 0.160 e. The van der Waals surface area contributed by atoms with Gasteiger partial charge in [0.2, 0.25) is 0 Å². The lowest BCUT2D eigenvalue weighted by molar-refractivity contribution is 0.669. The van der Waals surface area contributed by atoms with Crippen LogP contribution >= 0.6 is 11.3 Å². The van der Waals surface area contributed by atoms with Crippen molar-refractivity contribution in [2.24, 2.45) is 0 Å². The summed E-state index contributed by atoms with van der Waals surface area (Å²) < 4.78 is 8.60. The van der Waals surface area contributed by atoms with Gasteiger partial charge in [0.05, 0.1) is 11.2 Å². The second-order valence-corrected chi connectivity index (χ2v) is 11.3. The molecule has 9 rings (SSSR count). The Labute approximate surface area is 233 Å². The van der Waals surface area contributed by atoms with Crippen LogP contribution < -0.4 is 0 Å². The highest BCUT2D eigenvalue weighted by atomic mass is 32.1. The minimum absolute atomic E-state index is 0.714. The summed E-state index contributed by atoms with van der Waals surface area (Å²) in [5.74, 6) is 0.714. The number of nitrogens with zero attached hydrogens (tertiary/aromatic N) is 2. The van der Waals surface area contributed by atoms with Crippen LogP contribution in [-0.4, -0.2) is 9.97 Å². The quantitative estimate of drug-likeness (QED) is 0.224. The predicted octanol–water partition coefficient (Wildman–Crippen LogP) is 10.4. The van der Waals surface area contributed by atoms with Gasteiger partial charge in [-0.05, 0) is 59.3 Å². The Hall–Kier alpha value is -5.06. The lowest BCUT2D eigenvalue weighted by Gasteiger charge is -2.11. The van der Waals surface area contributed by atoms with Crippen molar-refractivity contribution in [1.82, 2.24) is 9.97 Å². The van der Waals surface area contributed by atoms with Crippen LogP contribution in [0, 0.1) is 0 Å². The summed E-state index contributed by atoms with van der Waals surface area (Å²) in [4.78, 5) is 10.5. The highest BCUT2D eigenvalue weighted by Gasteiger charge is 2.18. The molecule has 3 nitrogen and oxygen atoms in total. The first kappa shape index (κ1) is 21.8. The van der Waals surface area contributed by atoms with Crippen molar-refractivity contribution in [3.8, 4) is 22.6 Å². The molecule has 0 N–H and O–H groups in total. The number of hydrogen-bond acceptors (Lipinski definition) is 4. The van der Waals surface area contributed by atoms with Crippen molar-refractivity contribution in [3.05, 3.63) is 121 Å². The highest BCUT2D eigenvalue weighted by Crippen LogP contribution is 2.42. The fourth-order valence-electron chi connectivity index (χ4n) is 5.95. The second-order valence-electron chi connectivity index (χ2n) is 10.2. The molecule has 0 saturated heterocycles. The van der Waals surface area contributed by atoms with E-state index in [9.17, 15) is 0 Å². The normalized spacial score (nSPS) is 12.0. The van der Waals surface area contributed by atoms with E-state index in [2.05, 4.69) is 91.0 Å². The van der Waals surface area contributed by atoms with Gasteiger partial charge in [-0.3, -0.25) is 0 Å². The summed E-state index contributed by atoms with van der Waals surface area (Å²) in [5, 5.41) is 8.16. The number of fused-ring (bicyclic) bond motifs is 9.